The predicted octanol–water partition coefficient (Wildman–Crippen LogP) is 5.63. The van der Waals surface area contributed by atoms with Gasteiger partial charge in [-0.3, -0.25) is 4.79 Å². The van der Waals surface area contributed by atoms with Gasteiger partial charge < -0.3 is 20.4 Å². The number of amides is 1. The van der Waals surface area contributed by atoms with E-state index in [1.165, 1.54) is 0 Å². The van der Waals surface area contributed by atoms with Crippen molar-refractivity contribution < 1.29 is 13.9 Å². The number of alkyl halides is 1. The number of hydrogen-bond acceptors (Lipinski definition) is 3. The van der Waals surface area contributed by atoms with E-state index in [1.807, 2.05) is 28.8 Å². The van der Waals surface area contributed by atoms with Crippen LogP contribution in [0.1, 0.15) is 0 Å². The third kappa shape index (κ3) is 5.02. The number of hydrogen-bond donors (Lipinski definition) is 2. The number of halogens is 3. The van der Waals surface area contributed by atoms with Gasteiger partial charge in [0.15, 0.2) is 6.61 Å². The van der Waals surface area contributed by atoms with Crippen LogP contribution in [0.2, 0.25) is 0 Å². The molecule has 5 nitrogen and oxygen atoms in total. The summed E-state index contributed by atoms with van der Waals surface area (Å²) in [6, 6.07) is 19.1. The van der Waals surface area contributed by atoms with Gasteiger partial charge in [-0.05, 0) is 60.7 Å². The number of aromatic nitrogens is 1. The van der Waals surface area contributed by atoms with Gasteiger partial charge in [0, 0.05) is 43.0 Å². The maximum absolute atomic E-state index is 15.0. The smallest absolute Gasteiger partial charge is 0.255 e. The molecule has 1 amide bonds. The summed E-state index contributed by atoms with van der Waals surface area (Å²) >= 11 is 7.07. The van der Waals surface area contributed by atoms with Crippen LogP contribution < -0.4 is 15.8 Å². The van der Waals surface area contributed by atoms with E-state index in [1.54, 1.807) is 24.3 Å². The van der Waals surface area contributed by atoms with Crippen LogP contribution in [0.25, 0.3) is 21.8 Å². The largest absolute Gasteiger partial charge is 0.484 e. The molecular formula is C23H20Br2FN3O2. The number of carbonyl (C=O) groups is 1. The molecule has 8 heteroatoms. The first-order chi connectivity index (χ1) is 14.9. The van der Waals surface area contributed by atoms with Gasteiger partial charge in [0.1, 0.15) is 11.9 Å². The van der Waals surface area contributed by atoms with E-state index < -0.39 is 12.1 Å². The maximum Gasteiger partial charge on any atom is 0.255 e. The second-order valence-electron chi connectivity index (χ2n) is 7.19. The van der Waals surface area contributed by atoms with Gasteiger partial charge >= 0.3 is 0 Å². The Morgan fingerprint density at radius 3 is 2.13 bits per heavy atom. The summed E-state index contributed by atoms with van der Waals surface area (Å²) < 4.78 is 24.2. The Balaban J connectivity index is 1.48. The number of nitrogens with zero attached hydrogens (tertiary/aromatic N) is 1. The Morgan fingerprint density at radius 1 is 1.00 bits per heavy atom. The fourth-order valence-corrected chi connectivity index (χ4v) is 4.28. The summed E-state index contributed by atoms with van der Waals surface area (Å²) in [7, 11) is 0. The molecule has 1 aromatic heterocycles. The number of carbonyl (C=O) groups excluding carboxylic acids is 1. The van der Waals surface area contributed by atoms with E-state index in [0.717, 1.165) is 36.4 Å². The van der Waals surface area contributed by atoms with Crippen LogP contribution in [0.4, 0.5) is 10.1 Å². The van der Waals surface area contributed by atoms with Crippen molar-refractivity contribution >= 4 is 65.3 Å². The summed E-state index contributed by atoms with van der Waals surface area (Å²) in [5, 5.41) is 5.27. The number of rotatable bonds is 8. The Labute approximate surface area is 195 Å². The van der Waals surface area contributed by atoms with Gasteiger partial charge in [-0.2, -0.15) is 0 Å². The molecule has 3 aromatic carbocycles. The van der Waals surface area contributed by atoms with E-state index in [4.69, 9.17) is 10.5 Å². The molecule has 4 rings (SSSR count). The topological polar surface area (TPSA) is 69.3 Å². The molecule has 0 fully saturated rings. The SMILES string of the molecule is NC(=O)COc1ccc(NCC(F)Cn2c3ccc(Br)cc3c3cc(Br)ccc32)cc1. The zero-order chi connectivity index (χ0) is 22.0. The molecule has 1 heterocycles. The van der Waals surface area contributed by atoms with Gasteiger partial charge in [0.05, 0.1) is 6.54 Å². The van der Waals surface area contributed by atoms with Crippen LogP contribution in [0.3, 0.4) is 0 Å². The summed E-state index contributed by atoms with van der Waals surface area (Å²) in [5.74, 6) is -0.00370. The van der Waals surface area contributed by atoms with Gasteiger partial charge in [0.2, 0.25) is 0 Å². The van der Waals surface area contributed by atoms with Crippen molar-refractivity contribution in [1.82, 2.24) is 4.57 Å². The standard InChI is InChI=1S/C23H20Br2FN3O2/c24-14-1-7-21-19(9-14)20-10-15(25)2-8-22(20)29(21)12-16(26)11-28-17-3-5-18(6-4-17)31-13-23(27)30/h1-10,16,28H,11-13H2,(H2,27,30). The van der Waals surface area contributed by atoms with Crippen molar-refractivity contribution in [2.45, 2.75) is 12.7 Å². The molecule has 0 saturated heterocycles. The summed E-state index contributed by atoms with van der Waals surface area (Å²) in [5.41, 5.74) is 7.82. The van der Waals surface area contributed by atoms with E-state index in [-0.39, 0.29) is 19.7 Å². The molecule has 0 spiro atoms. The number of ether oxygens (including phenoxy) is 1. The minimum absolute atomic E-state index is 0.162. The first-order valence-electron chi connectivity index (χ1n) is 9.67. The first kappa shape index (κ1) is 21.6. The fraction of sp³-hybridized carbons (Fsp3) is 0.174. The lowest BCUT2D eigenvalue weighted by molar-refractivity contribution is -0.119. The van der Waals surface area contributed by atoms with Gasteiger partial charge in [-0.25, -0.2) is 4.39 Å². The van der Waals surface area contributed by atoms with Crippen LogP contribution in [0.15, 0.2) is 69.6 Å². The van der Waals surface area contributed by atoms with Crippen molar-refractivity contribution in [3.8, 4) is 5.75 Å². The van der Waals surface area contributed by atoms with Crippen molar-refractivity contribution in [3.63, 3.8) is 0 Å². The first-order valence-corrected chi connectivity index (χ1v) is 11.3. The molecule has 0 radical (unpaired) electrons. The number of fused-ring (bicyclic) bond motifs is 3. The minimum atomic E-state index is -1.10. The highest BCUT2D eigenvalue weighted by atomic mass is 79.9. The van der Waals surface area contributed by atoms with E-state index in [9.17, 15) is 9.18 Å². The lowest BCUT2D eigenvalue weighted by Crippen LogP contribution is -2.21. The third-order valence-corrected chi connectivity index (χ3v) is 5.92. The van der Waals surface area contributed by atoms with Gasteiger partial charge in [0.25, 0.3) is 5.91 Å². The lowest BCUT2D eigenvalue weighted by Gasteiger charge is -2.14. The van der Waals surface area contributed by atoms with Crippen molar-refractivity contribution in [2.24, 2.45) is 5.73 Å². The molecule has 1 atom stereocenters. The summed E-state index contributed by atoms with van der Waals surface area (Å²) in [6.07, 6.45) is -1.10. The molecular weight excluding hydrogens is 529 g/mol. The molecule has 1 unspecified atom stereocenters. The zero-order valence-electron chi connectivity index (χ0n) is 16.4. The number of nitrogens with one attached hydrogen (secondary N) is 1. The number of benzene rings is 3. The summed E-state index contributed by atoms with van der Waals surface area (Å²) in [4.78, 5) is 10.8. The molecule has 0 saturated carbocycles. The minimum Gasteiger partial charge on any atom is -0.484 e. The Kier molecular flexibility index (Phi) is 6.48. The molecule has 0 aliphatic heterocycles. The normalized spacial score (nSPS) is 12.2. The van der Waals surface area contributed by atoms with Crippen molar-refractivity contribution in [3.05, 3.63) is 69.6 Å². The molecule has 0 aliphatic rings. The second kappa shape index (κ2) is 9.28. The van der Waals surface area contributed by atoms with E-state index in [2.05, 4.69) is 49.3 Å². The lowest BCUT2D eigenvalue weighted by atomic mass is 10.2. The monoisotopic (exact) mass is 547 g/mol. The molecule has 3 N–H and O–H groups in total. The van der Waals surface area contributed by atoms with Gasteiger partial charge in [-0.15, -0.1) is 0 Å². The molecule has 31 heavy (non-hydrogen) atoms. The molecule has 160 valence electrons. The highest BCUT2D eigenvalue weighted by Gasteiger charge is 2.15. The van der Waals surface area contributed by atoms with Gasteiger partial charge in [-0.1, -0.05) is 31.9 Å². The predicted molar refractivity (Wildman–Crippen MR) is 129 cm³/mol. The average molecular weight is 549 g/mol. The van der Waals surface area contributed by atoms with Crippen LogP contribution in [-0.4, -0.2) is 29.8 Å². The third-order valence-electron chi connectivity index (χ3n) is 4.93. The number of nitrogens with two attached hydrogens (primary N) is 1. The Hall–Kier alpha value is -2.58. The van der Waals surface area contributed by atoms with Crippen LogP contribution in [0, 0.1) is 0 Å². The van der Waals surface area contributed by atoms with E-state index in [0.29, 0.717) is 5.75 Å². The van der Waals surface area contributed by atoms with Crippen LogP contribution >= 0.6 is 31.9 Å². The fourth-order valence-electron chi connectivity index (χ4n) is 3.56. The molecule has 0 bridgehead atoms. The van der Waals surface area contributed by atoms with Crippen molar-refractivity contribution in [2.75, 3.05) is 18.5 Å². The maximum atomic E-state index is 15.0. The molecule has 0 aliphatic carbocycles. The molecule has 4 aromatic rings. The zero-order valence-corrected chi connectivity index (χ0v) is 19.6. The van der Waals surface area contributed by atoms with Crippen LogP contribution in [0.5, 0.6) is 5.75 Å². The average Bonchev–Trinajstić information content (AvgIpc) is 3.03. The highest BCUT2D eigenvalue weighted by molar-refractivity contribution is 9.10. The quantitative estimate of drug-likeness (QED) is 0.299. The second-order valence-corrected chi connectivity index (χ2v) is 9.02. The van der Waals surface area contributed by atoms with Crippen molar-refractivity contribution in [1.29, 1.82) is 0 Å². The van der Waals surface area contributed by atoms with E-state index >= 15 is 0 Å². The Morgan fingerprint density at radius 2 is 1.58 bits per heavy atom. The highest BCUT2D eigenvalue weighted by Crippen LogP contribution is 2.33. The Bertz CT molecular complexity index is 1180. The van der Waals surface area contributed by atoms with Crippen LogP contribution in [-0.2, 0) is 11.3 Å². The summed E-state index contributed by atoms with van der Waals surface area (Å²) in [6.45, 7) is 0.219. The number of primary amides is 1. The number of anilines is 1.